The van der Waals surface area contributed by atoms with Crippen LogP contribution in [0.1, 0.15) is 47.3 Å². The van der Waals surface area contributed by atoms with Gasteiger partial charge in [0.15, 0.2) is 5.82 Å². The summed E-state index contributed by atoms with van der Waals surface area (Å²) in [6, 6.07) is 24.8. The minimum Gasteiger partial charge on any atom is -0.342 e. The van der Waals surface area contributed by atoms with Gasteiger partial charge < -0.3 is 4.52 Å². The molecule has 1 saturated carbocycles. The smallest absolute Gasteiger partial charge is 0.240 e. The predicted octanol–water partition coefficient (Wildman–Crippen LogP) is 7.01. The lowest BCUT2D eigenvalue weighted by molar-refractivity contribution is 0.401. The van der Waals surface area contributed by atoms with Crippen molar-refractivity contribution in [2.45, 2.75) is 19.3 Å². The van der Waals surface area contributed by atoms with E-state index in [9.17, 15) is 4.39 Å². The highest BCUT2D eigenvalue weighted by molar-refractivity contribution is 6.01. The van der Waals surface area contributed by atoms with E-state index in [1.165, 1.54) is 24.0 Å². The molecule has 1 N–H and O–H groups in total. The Morgan fingerprint density at radius 3 is 2.43 bits per heavy atom. The number of hydrogen-bond donors (Lipinski definition) is 1. The molecule has 0 amide bonds. The molecule has 6 heteroatoms. The Labute approximate surface area is 202 Å². The van der Waals surface area contributed by atoms with Crippen LogP contribution < -0.4 is 0 Å². The fourth-order valence-corrected chi connectivity index (χ4v) is 4.70. The average molecular weight is 463 g/mol. The summed E-state index contributed by atoms with van der Waals surface area (Å²) in [5, 5.41) is 10.8. The molecular formula is C29H23FN4O. The summed E-state index contributed by atoms with van der Waals surface area (Å²) < 4.78 is 19.2. The molecule has 0 radical (unpaired) electrons. The topological polar surface area (TPSA) is 67.6 Å². The third-order valence-electron chi connectivity index (χ3n) is 6.68. The van der Waals surface area contributed by atoms with Crippen molar-refractivity contribution in [3.63, 3.8) is 0 Å². The third-order valence-corrected chi connectivity index (χ3v) is 6.68. The van der Waals surface area contributed by atoms with Crippen molar-refractivity contribution < 1.29 is 8.91 Å². The van der Waals surface area contributed by atoms with E-state index in [0.29, 0.717) is 22.6 Å². The first-order valence-electron chi connectivity index (χ1n) is 11.7. The Hall–Kier alpha value is -4.32. The van der Waals surface area contributed by atoms with Crippen molar-refractivity contribution >= 4 is 34.2 Å². The first-order valence-corrected chi connectivity index (χ1v) is 11.7. The number of fused-ring (bicyclic) bond motifs is 1. The van der Waals surface area contributed by atoms with Crippen LogP contribution in [0.25, 0.3) is 34.2 Å². The van der Waals surface area contributed by atoms with Crippen LogP contribution in [0.2, 0.25) is 0 Å². The van der Waals surface area contributed by atoms with E-state index >= 15 is 0 Å². The number of rotatable bonds is 6. The van der Waals surface area contributed by atoms with Gasteiger partial charge in [0.2, 0.25) is 12.3 Å². The van der Waals surface area contributed by atoms with Crippen molar-refractivity contribution in [3.05, 3.63) is 113 Å². The number of nitrogens with one attached hydrogen (secondary N) is 1. The number of benzene rings is 3. The van der Waals surface area contributed by atoms with Gasteiger partial charge in [0.1, 0.15) is 0 Å². The standard InChI is InChI=1S/C29H23FN4O/c30-29-24-17-23(14-15-25(24)32-33-29)28(27(21-7-4-8-21)20-5-2-1-3-6-20)22-12-9-19(10-13-22)11-16-26-31-18-35-34-26/h1-3,5-6,9-18,21H,4,7-8H2,(H,32,33)/b16-11+,28-27-. The zero-order valence-corrected chi connectivity index (χ0v) is 19.0. The van der Waals surface area contributed by atoms with Gasteiger partial charge in [-0.25, -0.2) is 0 Å². The number of nitrogens with zero attached hydrogens (tertiary/aromatic N) is 3. The Balaban J connectivity index is 1.51. The van der Waals surface area contributed by atoms with Crippen LogP contribution in [0, 0.1) is 11.9 Å². The van der Waals surface area contributed by atoms with Crippen molar-refractivity contribution in [1.82, 2.24) is 20.3 Å². The fourth-order valence-electron chi connectivity index (χ4n) is 4.70. The minimum atomic E-state index is -0.479. The maximum atomic E-state index is 14.4. The van der Waals surface area contributed by atoms with E-state index < -0.39 is 5.95 Å². The summed E-state index contributed by atoms with van der Waals surface area (Å²) in [7, 11) is 0. The summed E-state index contributed by atoms with van der Waals surface area (Å²) in [5.74, 6) is 0.518. The lowest BCUT2D eigenvalue weighted by Crippen LogP contribution is -2.15. The van der Waals surface area contributed by atoms with Crippen LogP contribution >= 0.6 is 0 Å². The lowest BCUT2D eigenvalue weighted by atomic mass is 9.73. The number of allylic oxidation sites excluding steroid dienone is 1. The summed E-state index contributed by atoms with van der Waals surface area (Å²) in [6.45, 7) is 0. The molecule has 0 spiro atoms. The van der Waals surface area contributed by atoms with Gasteiger partial charge in [-0.15, -0.1) is 5.10 Å². The largest absolute Gasteiger partial charge is 0.342 e. The normalized spacial score (nSPS) is 14.9. The molecule has 2 aromatic heterocycles. The molecular weight excluding hydrogens is 439 g/mol. The monoisotopic (exact) mass is 462 g/mol. The molecule has 5 nitrogen and oxygen atoms in total. The SMILES string of the molecule is Fc1n[nH]c2ccc(/C(=C(/c3ccccc3)C3CCC3)c3ccc(/C=C/c4ncon4)cc3)cc12. The second-order valence-corrected chi connectivity index (χ2v) is 8.80. The maximum Gasteiger partial charge on any atom is 0.240 e. The van der Waals surface area contributed by atoms with Crippen LogP contribution in [0.3, 0.4) is 0 Å². The van der Waals surface area contributed by atoms with E-state index in [2.05, 4.69) is 74.9 Å². The Morgan fingerprint density at radius 1 is 0.914 bits per heavy atom. The van der Waals surface area contributed by atoms with Gasteiger partial charge in [0.05, 0.1) is 10.9 Å². The molecule has 0 aliphatic heterocycles. The number of aromatic nitrogens is 4. The highest BCUT2D eigenvalue weighted by atomic mass is 19.1. The first-order chi connectivity index (χ1) is 17.3. The van der Waals surface area contributed by atoms with E-state index in [4.69, 9.17) is 4.52 Å². The third kappa shape index (κ3) is 4.19. The molecule has 172 valence electrons. The molecule has 2 heterocycles. The van der Waals surface area contributed by atoms with Gasteiger partial charge >= 0.3 is 0 Å². The number of halogens is 1. The summed E-state index contributed by atoms with van der Waals surface area (Å²) >= 11 is 0. The van der Waals surface area contributed by atoms with Crippen molar-refractivity contribution in [3.8, 4) is 0 Å². The summed E-state index contributed by atoms with van der Waals surface area (Å²) in [5.41, 5.74) is 7.46. The van der Waals surface area contributed by atoms with Gasteiger partial charge in [0.25, 0.3) is 0 Å². The Bertz CT molecular complexity index is 1510. The first kappa shape index (κ1) is 21.2. The molecule has 0 unspecified atom stereocenters. The predicted molar refractivity (Wildman–Crippen MR) is 135 cm³/mol. The van der Waals surface area contributed by atoms with E-state index in [1.54, 1.807) is 0 Å². The van der Waals surface area contributed by atoms with Crippen molar-refractivity contribution in [2.24, 2.45) is 5.92 Å². The summed E-state index contributed by atoms with van der Waals surface area (Å²) in [6.07, 6.45) is 8.61. The van der Waals surface area contributed by atoms with Crippen LogP contribution in [0.4, 0.5) is 4.39 Å². The zero-order chi connectivity index (χ0) is 23.6. The molecule has 1 aliphatic carbocycles. The van der Waals surface area contributed by atoms with Crippen molar-refractivity contribution in [1.29, 1.82) is 0 Å². The van der Waals surface area contributed by atoms with Crippen LogP contribution in [-0.2, 0) is 0 Å². The second kappa shape index (κ2) is 9.14. The van der Waals surface area contributed by atoms with Crippen LogP contribution in [-0.4, -0.2) is 20.3 Å². The van der Waals surface area contributed by atoms with Gasteiger partial charge in [-0.2, -0.15) is 9.37 Å². The number of aromatic amines is 1. The van der Waals surface area contributed by atoms with Crippen molar-refractivity contribution in [2.75, 3.05) is 0 Å². The van der Waals surface area contributed by atoms with E-state index in [1.807, 2.05) is 30.4 Å². The fraction of sp³-hybridized carbons (Fsp3) is 0.138. The van der Waals surface area contributed by atoms with Gasteiger partial charge in [-0.1, -0.05) is 78.3 Å². The molecule has 0 atom stereocenters. The molecule has 1 aliphatic rings. The Morgan fingerprint density at radius 2 is 1.71 bits per heavy atom. The highest BCUT2D eigenvalue weighted by Gasteiger charge is 2.27. The number of hydrogen-bond acceptors (Lipinski definition) is 4. The van der Waals surface area contributed by atoms with Crippen LogP contribution in [0.5, 0.6) is 0 Å². The summed E-state index contributed by atoms with van der Waals surface area (Å²) in [4.78, 5) is 4.03. The average Bonchev–Trinajstić information content (AvgIpc) is 3.52. The van der Waals surface area contributed by atoms with E-state index in [0.717, 1.165) is 35.1 Å². The number of H-pyrrole nitrogens is 1. The molecule has 35 heavy (non-hydrogen) atoms. The van der Waals surface area contributed by atoms with E-state index in [-0.39, 0.29) is 0 Å². The maximum absolute atomic E-state index is 14.4. The minimum absolute atomic E-state index is 0.468. The van der Waals surface area contributed by atoms with Crippen LogP contribution in [0.15, 0.2) is 83.7 Å². The molecule has 1 fully saturated rings. The second-order valence-electron chi connectivity index (χ2n) is 8.80. The quantitative estimate of drug-likeness (QED) is 0.276. The van der Waals surface area contributed by atoms with Gasteiger partial charge in [-0.3, -0.25) is 5.10 Å². The van der Waals surface area contributed by atoms with Gasteiger partial charge in [-0.05, 0) is 70.4 Å². The molecule has 3 aromatic carbocycles. The molecule has 0 saturated heterocycles. The lowest BCUT2D eigenvalue weighted by Gasteiger charge is -2.31. The molecule has 0 bridgehead atoms. The highest BCUT2D eigenvalue weighted by Crippen LogP contribution is 2.45. The Kier molecular flexibility index (Phi) is 5.54. The molecule has 6 rings (SSSR count). The molecule has 5 aromatic rings. The zero-order valence-electron chi connectivity index (χ0n) is 19.0. The van der Waals surface area contributed by atoms with Gasteiger partial charge in [0, 0.05) is 0 Å².